The van der Waals surface area contributed by atoms with Crippen molar-refractivity contribution in [2.24, 2.45) is 29.4 Å². The lowest BCUT2D eigenvalue weighted by Gasteiger charge is -2.52. The summed E-state index contributed by atoms with van der Waals surface area (Å²) in [6.07, 6.45) is -0.169. The smallest absolute Gasteiger partial charge is 0.235 e. The predicted octanol–water partition coefficient (Wildman–Crippen LogP) is 0.812. The third kappa shape index (κ3) is 3.38. The van der Waals surface area contributed by atoms with Crippen molar-refractivity contribution < 1.29 is 43.0 Å². The highest BCUT2D eigenvalue weighted by Crippen LogP contribution is 2.51. The van der Waals surface area contributed by atoms with Gasteiger partial charge in [-0.25, -0.2) is 8.78 Å². The van der Waals surface area contributed by atoms with Gasteiger partial charge in [-0.2, -0.15) is 0 Å². The number of primary amides is 1. The molecule has 2 aromatic carbocycles. The van der Waals surface area contributed by atoms with Crippen molar-refractivity contribution >= 4 is 29.0 Å². The normalized spacial score (nSPS) is 30.6. The lowest BCUT2D eigenvalue weighted by Crippen LogP contribution is -2.74. The molecule has 0 saturated heterocycles. The maximum atomic E-state index is 14.7. The summed E-state index contributed by atoms with van der Waals surface area (Å²) in [6.45, 7) is 0. The molecule has 3 aliphatic carbocycles. The van der Waals surface area contributed by atoms with Gasteiger partial charge in [0, 0.05) is 17.5 Å². The average Bonchev–Trinajstić information content (AvgIpc) is 2.81. The fraction of sp³-hybridized carbons (Fsp3) is 0.370. The molecule has 0 aromatic heterocycles. The van der Waals surface area contributed by atoms with Gasteiger partial charge >= 0.3 is 0 Å². The molecule has 0 bridgehead atoms. The van der Waals surface area contributed by atoms with Crippen LogP contribution in [0.1, 0.15) is 22.3 Å². The Labute approximate surface area is 215 Å². The number of halogens is 2. The molecule has 6 atom stereocenters. The van der Waals surface area contributed by atoms with Crippen LogP contribution in [-0.4, -0.2) is 69.9 Å². The zero-order valence-electron chi connectivity index (χ0n) is 20.4. The highest BCUT2D eigenvalue weighted by molar-refractivity contribution is 6.32. The Morgan fingerprint density at radius 3 is 2.32 bits per heavy atom. The van der Waals surface area contributed by atoms with Gasteiger partial charge in [0.25, 0.3) is 0 Å². The van der Waals surface area contributed by atoms with E-state index in [-0.39, 0.29) is 35.1 Å². The molecular formula is C27H24F2N2O7. The number of nitrogens with zero attached hydrogens (tertiary/aromatic N) is 1. The molecule has 0 aliphatic heterocycles. The minimum Gasteiger partial charge on any atom is -0.507 e. The zero-order chi connectivity index (χ0) is 27.8. The van der Waals surface area contributed by atoms with Gasteiger partial charge in [0.1, 0.15) is 17.4 Å². The van der Waals surface area contributed by atoms with E-state index >= 15 is 0 Å². The van der Waals surface area contributed by atoms with Crippen LogP contribution < -0.4 is 5.73 Å². The summed E-state index contributed by atoms with van der Waals surface area (Å²) in [4.78, 5) is 67.3. The van der Waals surface area contributed by atoms with Gasteiger partial charge in [0.15, 0.2) is 34.7 Å². The van der Waals surface area contributed by atoms with Crippen LogP contribution in [0.25, 0.3) is 11.1 Å². The van der Waals surface area contributed by atoms with Gasteiger partial charge in [-0.1, -0.05) is 6.07 Å². The van der Waals surface area contributed by atoms with Crippen LogP contribution in [0.2, 0.25) is 0 Å². The lowest BCUT2D eigenvalue weighted by molar-refractivity contribution is -0.181. The number of phenolic OH excluding ortho intramolecular Hbond substituents is 1. The molecule has 2 fully saturated rings. The molecule has 5 rings (SSSR count). The first-order chi connectivity index (χ1) is 17.8. The number of carbonyl (C=O) groups excluding carboxylic acids is 5. The fourth-order valence-corrected chi connectivity index (χ4v) is 6.56. The third-order valence-corrected chi connectivity index (χ3v) is 8.17. The van der Waals surface area contributed by atoms with E-state index < -0.39 is 81.7 Å². The van der Waals surface area contributed by atoms with Crippen LogP contribution >= 0.6 is 0 Å². The number of rotatable bonds is 3. The van der Waals surface area contributed by atoms with Crippen LogP contribution in [-0.2, 0) is 25.6 Å². The van der Waals surface area contributed by atoms with E-state index in [9.17, 15) is 43.0 Å². The number of hydrogen-bond acceptors (Lipinski definition) is 8. The SMILES string of the molecule is CN(C)[C@H]1C(=O)C(C(N)=O)C(=O)[C@]2(O)C(=O)C3C(=O)c4c(O)ccc(-c5ccc(F)cc5F)c4C[C@@H]3C[C@H]12. The molecule has 2 aromatic rings. The van der Waals surface area contributed by atoms with Gasteiger partial charge in [0.05, 0.1) is 17.5 Å². The molecule has 11 heteroatoms. The van der Waals surface area contributed by atoms with E-state index in [0.717, 1.165) is 12.1 Å². The molecule has 9 nitrogen and oxygen atoms in total. The van der Waals surface area contributed by atoms with Gasteiger partial charge in [-0.3, -0.25) is 28.9 Å². The summed E-state index contributed by atoms with van der Waals surface area (Å²) in [5.74, 6) is -13.4. The van der Waals surface area contributed by atoms with Crippen LogP contribution in [0.5, 0.6) is 5.75 Å². The quantitative estimate of drug-likeness (QED) is 0.497. The van der Waals surface area contributed by atoms with Crippen molar-refractivity contribution in [3.8, 4) is 16.9 Å². The number of hydrogen-bond donors (Lipinski definition) is 3. The third-order valence-electron chi connectivity index (χ3n) is 8.17. The number of phenols is 1. The predicted molar refractivity (Wildman–Crippen MR) is 127 cm³/mol. The Balaban J connectivity index is 1.67. The summed E-state index contributed by atoms with van der Waals surface area (Å²) in [5, 5.41) is 22.1. The van der Waals surface area contributed by atoms with Crippen molar-refractivity contribution in [3.63, 3.8) is 0 Å². The minimum absolute atomic E-state index is 0.0222. The summed E-state index contributed by atoms with van der Waals surface area (Å²) in [7, 11) is 2.98. The zero-order valence-corrected chi connectivity index (χ0v) is 20.4. The number of amides is 1. The van der Waals surface area contributed by atoms with Crippen LogP contribution in [0.3, 0.4) is 0 Å². The van der Waals surface area contributed by atoms with E-state index in [1.54, 1.807) is 0 Å². The highest BCUT2D eigenvalue weighted by atomic mass is 19.1. The van der Waals surface area contributed by atoms with Crippen LogP contribution in [0.4, 0.5) is 8.78 Å². The Hall–Kier alpha value is -3.83. The van der Waals surface area contributed by atoms with Crippen LogP contribution in [0, 0.1) is 35.3 Å². The minimum atomic E-state index is -2.83. The topological polar surface area (TPSA) is 155 Å². The van der Waals surface area contributed by atoms with Crippen molar-refractivity contribution in [2.45, 2.75) is 24.5 Å². The summed E-state index contributed by atoms with van der Waals surface area (Å²) < 4.78 is 28.3. The van der Waals surface area contributed by atoms with Gasteiger partial charge in [-0.05, 0) is 62.2 Å². The molecule has 1 amide bonds. The first-order valence-electron chi connectivity index (χ1n) is 12.0. The number of Topliss-reactive ketones (excluding diaryl/α,β-unsaturated/α-hetero) is 4. The van der Waals surface area contributed by atoms with E-state index in [4.69, 9.17) is 5.73 Å². The molecule has 2 unspecified atom stereocenters. The molecule has 3 aliphatic rings. The molecule has 0 radical (unpaired) electrons. The van der Waals surface area contributed by atoms with Crippen molar-refractivity contribution in [2.75, 3.05) is 14.1 Å². The number of aromatic hydroxyl groups is 1. The number of benzene rings is 2. The summed E-state index contributed by atoms with van der Waals surface area (Å²) in [5.41, 5.74) is 2.62. The first-order valence-corrected chi connectivity index (χ1v) is 12.0. The molecular weight excluding hydrogens is 502 g/mol. The van der Waals surface area contributed by atoms with Gasteiger partial charge < -0.3 is 15.9 Å². The van der Waals surface area contributed by atoms with Gasteiger partial charge in [0.2, 0.25) is 5.91 Å². The first kappa shape index (κ1) is 25.8. The van der Waals surface area contributed by atoms with E-state index in [1.165, 1.54) is 31.1 Å². The Morgan fingerprint density at radius 1 is 1.05 bits per heavy atom. The molecule has 4 N–H and O–H groups in total. The highest BCUT2D eigenvalue weighted by Gasteiger charge is 2.69. The van der Waals surface area contributed by atoms with E-state index in [2.05, 4.69) is 0 Å². The second-order valence-corrected chi connectivity index (χ2v) is 10.4. The number of ketones is 4. The molecule has 198 valence electrons. The molecule has 38 heavy (non-hydrogen) atoms. The summed E-state index contributed by atoms with van der Waals surface area (Å²) in [6, 6.07) is 4.23. The number of likely N-dealkylation sites (N-methyl/N-ethyl adjacent to an activating group) is 1. The Bertz CT molecular complexity index is 1460. The largest absolute Gasteiger partial charge is 0.507 e. The maximum absolute atomic E-state index is 14.7. The molecule has 2 saturated carbocycles. The van der Waals surface area contributed by atoms with Crippen LogP contribution in [0.15, 0.2) is 30.3 Å². The Morgan fingerprint density at radius 2 is 1.71 bits per heavy atom. The number of fused-ring (bicyclic) bond motifs is 3. The Kier molecular flexibility index (Phi) is 5.84. The van der Waals surface area contributed by atoms with E-state index in [0.29, 0.717) is 6.07 Å². The van der Waals surface area contributed by atoms with Gasteiger partial charge in [-0.15, -0.1) is 0 Å². The number of nitrogens with two attached hydrogens (primary N) is 1. The maximum Gasteiger partial charge on any atom is 0.235 e. The average molecular weight is 526 g/mol. The summed E-state index contributed by atoms with van der Waals surface area (Å²) >= 11 is 0. The number of carbonyl (C=O) groups is 5. The van der Waals surface area contributed by atoms with E-state index in [1.807, 2.05) is 0 Å². The van der Waals surface area contributed by atoms with Crippen molar-refractivity contribution in [1.82, 2.24) is 4.90 Å². The lowest BCUT2D eigenvalue weighted by atomic mass is 9.52. The molecule has 0 heterocycles. The van der Waals surface area contributed by atoms with Crippen molar-refractivity contribution in [1.29, 1.82) is 0 Å². The standard InChI is InChI=1S/C27H24F2N2O7/c1-31(2)21-15-8-10-7-14-12(13-4-3-11(28)9-16(13)29)5-6-17(32)19(14)22(33)18(10)24(35)27(15,38)25(36)20(23(21)34)26(30)37/h3-6,9-10,15,18,20-21,32,38H,7-8H2,1-2H3,(H2,30,37)/t10-,15-,18?,20?,21-,27-/m1/s1. The second-order valence-electron chi connectivity index (χ2n) is 10.4. The molecule has 0 spiro atoms. The second kappa shape index (κ2) is 8.60. The number of aliphatic hydroxyl groups is 1. The monoisotopic (exact) mass is 526 g/mol. The van der Waals surface area contributed by atoms with Crippen molar-refractivity contribution in [3.05, 3.63) is 53.1 Å². The fourth-order valence-electron chi connectivity index (χ4n) is 6.56.